The normalized spacial score (nSPS) is 10.4. The first kappa shape index (κ1) is 24.2. The van der Waals surface area contributed by atoms with Crippen LogP contribution >= 0.6 is 0 Å². The van der Waals surface area contributed by atoms with Crippen molar-refractivity contribution in [3.8, 4) is 0 Å². The van der Waals surface area contributed by atoms with Gasteiger partial charge in [0.1, 0.15) is 0 Å². The predicted molar refractivity (Wildman–Crippen MR) is 132 cm³/mol. The Morgan fingerprint density at radius 2 is 1.22 bits per heavy atom. The summed E-state index contributed by atoms with van der Waals surface area (Å²) < 4.78 is 0. The first-order valence-corrected chi connectivity index (χ1v) is 11.2. The lowest BCUT2D eigenvalue weighted by Gasteiger charge is -2.23. The second-order valence-corrected chi connectivity index (χ2v) is 8.09. The smallest absolute Gasteiger partial charge is 0.254 e. The van der Waals surface area contributed by atoms with Crippen LogP contribution in [0.15, 0.2) is 91.8 Å². The molecule has 0 aliphatic carbocycles. The second-order valence-electron chi connectivity index (χ2n) is 8.09. The fraction of sp³-hybridized carbons (Fsp3) is 0.111. The molecule has 4 rings (SSSR count). The lowest BCUT2D eigenvalue weighted by molar-refractivity contribution is 0.0729. The first-order chi connectivity index (χ1) is 17.5. The summed E-state index contributed by atoms with van der Waals surface area (Å²) in [5.74, 6) is -1.55. The van der Waals surface area contributed by atoms with Gasteiger partial charge in [0.05, 0.1) is 0 Å². The minimum Gasteiger partial charge on any atom is -0.366 e. The van der Waals surface area contributed by atoms with Crippen molar-refractivity contribution < 1.29 is 14.4 Å². The van der Waals surface area contributed by atoms with Crippen molar-refractivity contribution in [3.05, 3.63) is 125 Å². The summed E-state index contributed by atoms with van der Waals surface area (Å²) in [6.45, 7) is 0.778. The largest absolute Gasteiger partial charge is 0.366 e. The maximum Gasteiger partial charge on any atom is 0.254 e. The molecule has 180 valence electrons. The molecule has 0 saturated carbocycles. The maximum atomic E-state index is 13.7. The van der Waals surface area contributed by atoms with Crippen molar-refractivity contribution in [1.82, 2.24) is 25.2 Å². The van der Waals surface area contributed by atoms with E-state index in [1.54, 1.807) is 60.3 Å². The number of nitrogens with zero attached hydrogens (tertiary/aromatic N) is 4. The zero-order chi connectivity index (χ0) is 25.3. The van der Waals surface area contributed by atoms with Crippen molar-refractivity contribution in [3.63, 3.8) is 0 Å². The highest BCUT2D eigenvalue weighted by Crippen LogP contribution is 2.17. The molecule has 3 amide bonds. The number of amides is 3. The molecule has 0 radical (unpaired) electrons. The van der Waals surface area contributed by atoms with E-state index in [0.29, 0.717) is 0 Å². The van der Waals surface area contributed by atoms with Crippen LogP contribution in [0.1, 0.15) is 47.8 Å². The number of hydrogen-bond acceptors (Lipinski definition) is 6. The Bertz CT molecular complexity index is 1310. The average molecular weight is 481 g/mol. The molecule has 0 saturated heterocycles. The number of primary amides is 1. The van der Waals surface area contributed by atoms with Crippen LogP contribution < -0.4 is 11.1 Å². The third kappa shape index (κ3) is 6.35. The van der Waals surface area contributed by atoms with E-state index in [9.17, 15) is 14.4 Å². The van der Waals surface area contributed by atoms with E-state index >= 15 is 0 Å². The Morgan fingerprint density at radius 1 is 0.722 bits per heavy atom. The van der Waals surface area contributed by atoms with Gasteiger partial charge < -0.3 is 16.0 Å². The molecule has 0 aliphatic heterocycles. The molecular formula is C27H24N6O3. The molecule has 0 bridgehead atoms. The van der Waals surface area contributed by atoms with E-state index in [-0.39, 0.29) is 42.2 Å². The van der Waals surface area contributed by atoms with Crippen LogP contribution in [0.3, 0.4) is 0 Å². The highest BCUT2D eigenvalue weighted by molar-refractivity contribution is 6.04. The van der Waals surface area contributed by atoms with Crippen LogP contribution in [0.4, 0.5) is 0 Å². The zero-order valence-corrected chi connectivity index (χ0v) is 19.4. The molecule has 3 heterocycles. The van der Waals surface area contributed by atoms with Crippen LogP contribution in [0, 0.1) is 0 Å². The quantitative estimate of drug-likeness (QED) is 0.379. The lowest BCUT2D eigenvalue weighted by atomic mass is 10.0. The van der Waals surface area contributed by atoms with E-state index in [0.717, 1.165) is 16.7 Å². The minimum absolute atomic E-state index is 0.0649. The summed E-state index contributed by atoms with van der Waals surface area (Å²) in [6.07, 6.45) is 9.96. The van der Waals surface area contributed by atoms with Gasteiger partial charge in [0.15, 0.2) is 0 Å². The van der Waals surface area contributed by atoms with Crippen molar-refractivity contribution in [2.24, 2.45) is 5.73 Å². The molecule has 9 heteroatoms. The Kier molecular flexibility index (Phi) is 7.72. The number of pyridine rings is 3. The van der Waals surface area contributed by atoms with Gasteiger partial charge in [-0.05, 0) is 53.1 Å². The molecule has 0 spiro atoms. The number of nitrogens with two attached hydrogens (primary N) is 1. The van der Waals surface area contributed by atoms with Crippen molar-refractivity contribution >= 4 is 17.7 Å². The maximum absolute atomic E-state index is 13.7. The van der Waals surface area contributed by atoms with E-state index in [2.05, 4.69) is 20.3 Å². The van der Waals surface area contributed by atoms with Crippen LogP contribution in [-0.4, -0.2) is 37.6 Å². The van der Waals surface area contributed by atoms with Gasteiger partial charge in [0.25, 0.3) is 11.8 Å². The molecule has 3 aromatic heterocycles. The topological polar surface area (TPSA) is 131 Å². The summed E-state index contributed by atoms with van der Waals surface area (Å²) >= 11 is 0. The third-order valence-corrected chi connectivity index (χ3v) is 5.38. The summed E-state index contributed by atoms with van der Waals surface area (Å²) in [5, 5.41) is 2.78. The predicted octanol–water partition coefficient (Wildman–Crippen LogP) is 2.74. The summed E-state index contributed by atoms with van der Waals surface area (Å²) in [7, 11) is 0. The number of carbonyl (C=O) groups is 3. The second kappa shape index (κ2) is 11.5. The Labute approximate surface area is 208 Å². The monoisotopic (exact) mass is 480 g/mol. The fourth-order valence-corrected chi connectivity index (χ4v) is 3.62. The molecule has 0 unspecified atom stereocenters. The minimum atomic E-state index is -0.739. The number of hydrogen-bond donors (Lipinski definition) is 2. The number of carbonyl (C=O) groups excluding carboxylic acids is 3. The summed E-state index contributed by atoms with van der Waals surface area (Å²) in [5.41, 5.74) is 8.38. The Hall–Kier alpha value is -4.92. The van der Waals surface area contributed by atoms with Gasteiger partial charge in [-0.3, -0.25) is 29.3 Å². The average Bonchev–Trinajstić information content (AvgIpc) is 2.92. The van der Waals surface area contributed by atoms with Crippen molar-refractivity contribution in [1.29, 1.82) is 0 Å². The van der Waals surface area contributed by atoms with E-state index < -0.39 is 11.8 Å². The molecule has 1 aromatic carbocycles. The van der Waals surface area contributed by atoms with Gasteiger partial charge >= 0.3 is 0 Å². The third-order valence-electron chi connectivity index (χ3n) is 5.38. The lowest BCUT2D eigenvalue weighted by Crippen LogP contribution is -2.31. The van der Waals surface area contributed by atoms with Crippen LogP contribution in [0.2, 0.25) is 0 Å². The van der Waals surface area contributed by atoms with E-state index in [1.165, 1.54) is 18.2 Å². The summed E-state index contributed by atoms with van der Waals surface area (Å²) in [4.78, 5) is 52.5. The van der Waals surface area contributed by atoms with Crippen LogP contribution in [0.25, 0.3) is 0 Å². The van der Waals surface area contributed by atoms with Gasteiger partial charge in [0.2, 0.25) is 5.91 Å². The molecule has 36 heavy (non-hydrogen) atoms. The Morgan fingerprint density at radius 3 is 1.72 bits per heavy atom. The van der Waals surface area contributed by atoms with Gasteiger partial charge in [-0.15, -0.1) is 0 Å². The number of aromatic nitrogens is 3. The molecule has 4 aromatic rings. The van der Waals surface area contributed by atoms with Crippen molar-refractivity contribution in [2.75, 3.05) is 0 Å². The molecule has 3 N–H and O–H groups in total. The fourth-order valence-electron chi connectivity index (χ4n) is 3.62. The summed E-state index contributed by atoms with van der Waals surface area (Å²) in [6, 6.07) is 15.2. The molecular weight excluding hydrogens is 456 g/mol. The highest BCUT2D eigenvalue weighted by Gasteiger charge is 2.21. The van der Waals surface area contributed by atoms with Crippen LogP contribution in [0.5, 0.6) is 0 Å². The Balaban J connectivity index is 1.63. The number of rotatable bonds is 9. The van der Waals surface area contributed by atoms with Crippen molar-refractivity contribution in [2.45, 2.75) is 19.6 Å². The highest BCUT2D eigenvalue weighted by atomic mass is 16.2. The number of benzene rings is 1. The van der Waals surface area contributed by atoms with E-state index in [4.69, 9.17) is 5.73 Å². The molecule has 0 aliphatic rings. The SMILES string of the molecule is NC(=O)c1cc(C(=O)NCc2cccnc2)cc(C(=O)N(Cc2cccnc2)Cc2cccnc2)c1. The first-order valence-electron chi connectivity index (χ1n) is 11.2. The zero-order valence-electron chi connectivity index (χ0n) is 19.4. The van der Waals surface area contributed by atoms with Gasteiger partial charge in [0, 0.05) is 73.5 Å². The standard InChI is InChI=1S/C27H24N6O3/c28-25(34)22-10-23(26(35)32-16-19-4-1-7-29-13-19)12-24(11-22)27(36)33(17-20-5-2-8-30-14-20)18-21-6-3-9-31-15-21/h1-15H,16-18H2,(H2,28,34)(H,32,35). The van der Waals surface area contributed by atoms with Gasteiger partial charge in [-0.25, -0.2) is 0 Å². The molecule has 9 nitrogen and oxygen atoms in total. The number of nitrogens with one attached hydrogen (secondary N) is 1. The van der Waals surface area contributed by atoms with Crippen LogP contribution in [-0.2, 0) is 19.6 Å². The van der Waals surface area contributed by atoms with Gasteiger partial charge in [-0.1, -0.05) is 18.2 Å². The van der Waals surface area contributed by atoms with Gasteiger partial charge in [-0.2, -0.15) is 0 Å². The van der Waals surface area contributed by atoms with E-state index in [1.807, 2.05) is 18.2 Å². The molecule has 0 fully saturated rings. The molecule has 0 atom stereocenters.